The van der Waals surface area contributed by atoms with Crippen LogP contribution in [-0.4, -0.2) is 296 Å². The molecule has 15 atom stereocenters. The average Bonchev–Trinajstić information content (AvgIpc) is 1.62. The van der Waals surface area contributed by atoms with Crippen molar-refractivity contribution in [2.75, 3.05) is 58.4 Å². The molecule has 0 aromatic rings. The highest BCUT2D eigenvalue weighted by Gasteiger charge is 2.43. The lowest BCUT2D eigenvalue weighted by molar-refractivity contribution is -0.143. The van der Waals surface area contributed by atoms with Crippen molar-refractivity contribution in [3.8, 4) is 0 Å². The third kappa shape index (κ3) is 32.2. The minimum absolute atomic E-state index is 0.00285. The second-order valence-electron chi connectivity index (χ2n) is 26.9. The molecule has 2 heterocycles. The predicted molar refractivity (Wildman–Crippen MR) is 380 cm³/mol. The summed E-state index contributed by atoms with van der Waals surface area (Å²) in [6.45, 7) is 3.05. The monoisotopic (exact) mass is 1560 g/mol. The molecule has 0 radical (unpaired) electrons. The van der Waals surface area contributed by atoms with E-state index in [0.717, 1.165) is 16.7 Å². The molecule has 2 aliphatic heterocycles. The van der Waals surface area contributed by atoms with E-state index in [1.165, 1.54) is 0 Å². The number of nitrogens with two attached hydrogens (primary N) is 5. The van der Waals surface area contributed by atoms with Crippen molar-refractivity contribution >= 4 is 119 Å². The Morgan fingerprint density at radius 2 is 0.843 bits per heavy atom. The average molecular weight is 1560 g/mol. The highest BCUT2D eigenvalue weighted by atomic mass is 32.1. The predicted octanol–water partition coefficient (Wildman–Crippen LogP) is -11.9. The lowest BCUT2D eigenvalue weighted by atomic mass is 10.0. The minimum Gasteiger partial charge on any atom is -0.481 e. The Hall–Kier alpha value is -9.47. The van der Waals surface area contributed by atoms with Crippen LogP contribution in [0.5, 0.6) is 0 Å². The van der Waals surface area contributed by atoms with Crippen molar-refractivity contribution in [2.24, 2.45) is 40.5 Å². The molecule has 0 saturated carbocycles. The Balaban J connectivity index is 2.30. The SMILES string of the molecule is CC(C)C[C@H](NC(=O)CNC(=O)[C@H](CO)NC(=O)[C@@H](NC(=O)[C@H](CCC(N)=O)NC(=O)[C@@H]1CCCN1C(=O)[C@H](CC(C)C)NC(=O)[C@H](CO)NC(=O)[C@H](CS)NC(=O)[C@@H](N)CO)[C@@H](C)O)C(=O)N[C@@H](CCC(N)=O)C(=O)N[C@@H](CCCCN)C(=O)N1CCC[C@H]1C(=O)N[C@@H](CCC(=O)O)C(=O)N[C@@H](CO)C(N)=O. The summed E-state index contributed by atoms with van der Waals surface area (Å²) in [6.07, 6.45) is -4.11. The van der Waals surface area contributed by atoms with E-state index in [1.807, 2.05) is 0 Å². The fraction of sp³-hybridized carbons (Fsp3) is 0.719. The quantitative estimate of drug-likeness (QED) is 0.0199. The highest BCUT2D eigenvalue weighted by Crippen LogP contribution is 2.23. The van der Waals surface area contributed by atoms with Gasteiger partial charge in [0.25, 0.3) is 0 Å². The number of hydrogen-bond donors (Lipinski definition) is 24. The number of likely N-dealkylation sites (tertiary alicyclic amines) is 2. The number of amides is 17. The molecule has 28 N–H and O–H groups in total. The van der Waals surface area contributed by atoms with Crippen LogP contribution in [0.4, 0.5) is 0 Å². The summed E-state index contributed by atoms with van der Waals surface area (Å²) < 4.78 is 0. The number of unbranched alkanes of at least 4 members (excludes halogenated alkanes) is 1. The van der Waals surface area contributed by atoms with Gasteiger partial charge in [-0.05, 0) is 102 Å². The van der Waals surface area contributed by atoms with E-state index in [9.17, 15) is 117 Å². The summed E-state index contributed by atoms with van der Waals surface area (Å²) in [7, 11) is 0. The topological polar surface area (TPSA) is 710 Å². The van der Waals surface area contributed by atoms with Crippen LogP contribution in [-0.2, 0) is 86.3 Å². The number of carboxylic acid groups (broad SMARTS) is 1. The Morgan fingerprint density at radius 3 is 1.30 bits per heavy atom. The van der Waals surface area contributed by atoms with Gasteiger partial charge in [0.05, 0.1) is 39.1 Å². The first-order valence-corrected chi connectivity index (χ1v) is 35.9. The van der Waals surface area contributed by atoms with Crippen molar-refractivity contribution < 1.29 is 117 Å². The normalized spacial score (nSPS) is 17.7. The van der Waals surface area contributed by atoms with E-state index in [0.29, 0.717) is 6.42 Å². The van der Waals surface area contributed by atoms with E-state index in [-0.39, 0.29) is 88.6 Å². The fourth-order valence-electron chi connectivity index (χ4n) is 11.3. The molecule has 2 fully saturated rings. The number of nitrogens with one attached hydrogen (secondary N) is 12. The second-order valence-corrected chi connectivity index (χ2v) is 27.3. The molecule has 108 heavy (non-hydrogen) atoms. The number of aliphatic hydroxyl groups excluding tert-OH is 5. The molecule has 0 aliphatic carbocycles. The molecule has 17 amide bonds. The number of rotatable bonds is 50. The number of aliphatic carboxylic acids is 1. The van der Waals surface area contributed by atoms with Gasteiger partial charge in [-0.1, -0.05) is 27.7 Å². The summed E-state index contributed by atoms with van der Waals surface area (Å²) in [5.74, 6) is -19.6. The molecular formula is C64H109N19O24S. The Kier molecular flexibility index (Phi) is 42.1. The van der Waals surface area contributed by atoms with Crippen LogP contribution in [0.3, 0.4) is 0 Å². The number of hydrogen-bond acceptors (Lipinski definition) is 26. The molecule has 0 spiro atoms. The molecule has 2 aliphatic rings. The third-order valence-corrected chi connectivity index (χ3v) is 17.5. The zero-order chi connectivity index (χ0) is 81.8. The standard InChI is InChI=1S/C64H109N19O24S/c1-30(2)22-38(57(100)72-34(13-16-46(67)89)54(97)75-37(10-6-7-19-65)63(106)82-20-8-11-44(82)60(103)74-36(15-18-49(92)93)55(98)77-40(26-85)51(69)94)71-48(91)24-70-53(96)41(27-86)79-62(105)50(32(5)88)81-56(99)35(14-17-47(68)90)73-61(104)45-12-9-21-83(45)64(107)39(23-31(3)4)76-58(101)42(28-87)78-59(102)43(29-108)80-52(95)33(66)25-84/h30-45,50,84-88,108H,6-29,65-66H2,1-5H3,(H2,67,89)(H2,68,90)(H2,69,94)(H,70,96)(H,71,91)(H,72,100)(H,73,104)(H,74,103)(H,75,97)(H,76,101)(H,77,98)(H,78,102)(H,79,105)(H,80,95)(H,81,99)(H,92,93)/t32-,33+,34+,35+,36+,37+,38+,39+,40+,41+,42+,43+,44+,45+,50+/m1/s1. The van der Waals surface area contributed by atoms with Crippen LogP contribution in [0.25, 0.3) is 0 Å². The Morgan fingerprint density at radius 1 is 0.444 bits per heavy atom. The van der Waals surface area contributed by atoms with Crippen LogP contribution >= 0.6 is 12.6 Å². The summed E-state index contributed by atoms with van der Waals surface area (Å²) in [5.41, 5.74) is 27.3. The van der Waals surface area contributed by atoms with E-state index >= 15 is 0 Å². The molecule has 43 nitrogen and oxygen atoms in total. The number of aliphatic hydroxyl groups is 5. The zero-order valence-corrected chi connectivity index (χ0v) is 61.9. The Labute approximate surface area is 627 Å². The molecule has 0 aromatic heterocycles. The highest BCUT2D eigenvalue weighted by molar-refractivity contribution is 7.80. The third-order valence-electron chi connectivity index (χ3n) is 17.1. The van der Waals surface area contributed by atoms with Crippen LogP contribution in [0.2, 0.25) is 0 Å². The summed E-state index contributed by atoms with van der Waals surface area (Å²) in [4.78, 5) is 242. The van der Waals surface area contributed by atoms with Gasteiger partial charge in [0.15, 0.2) is 0 Å². The van der Waals surface area contributed by atoms with Crippen molar-refractivity contribution in [3.05, 3.63) is 0 Å². The number of carbonyl (C=O) groups is 18. The van der Waals surface area contributed by atoms with Gasteiger partial charge >= 0.3 is 5.97 Å². The van der Waals surface area contributed by atoms with Gasteiger partial charge in [-0.3, -0.25) is 86.3 Å². The van der Waals surface area contributed by atoms with Gasteiger partial charge in [0.2, 0.25) is 100 Å². The largest absolute Gasteiger partial charge is 0.481 e. The van der Waals surface area contributed by atoms with Gasteiger partial charge in [-0.25, -0.2) is 0 Å². The summed E-state index contributed by atoms with van der Waals surface area (Å²) >= 11 is 4.04. The van der Waals surface area contributed by atoms with E-state index in [1.54, 1.807) is 27.7 Å². The van der Waals surface area contributed by atoms with Gasteiger partial charge in [-0.2, -0.15) is 12.6 Å². The number of thiol groups is 1. The van der Waals surface area contributed by atoms with Gasteiger partial charge in [0, 0.05) is 38.1 Å². The molecular weight excluding hydrogens is 1450 g/mol. The van der Waals surface area contributed by atoms with Crippen LogP contribution < -0.4 is 92.5 Å². The minimum atomic E-state index is -1.98. The first-order chi connectivity index (χ1) is 50.8. The van der Waals surface area contributed by atoms with E-state index < -0.39 is 269 Å². The molecule has 610 valence electrons. The maximum atomic E-state index is 14.4. The van der Waals surface area contributed by atoms with Gasteiger partial charge in [0.1, 0.15) is 84.6 Å². The zero-order valence-electron chi connectivity index (χ0n) is 61.0. The Bertz CT molecular complexity index is 3150. The fourth-order valence-corrected chi connectivity index (χ4v) is 11.6. The first-order valence-electron chi connectivity index (χ1n) is 35.3. The summed E-state index contributed by atoms with van der Waals surface area (Å²) in [5, 5.41) is 87.3. The molecule has 2 rings (SSSR count). The molecule has 2 saturated heterocycles. The van der Waals surface area contributed by atoms with Gasteiger partial charge < -0.3 is 133 Å². The molecule has 0 bridgehead atoms. The molecule has 0 aromatic carbocycles. The van der Waals surface area contributed by atoms with E-state index in [2.05, 4.69) is 76.4 Å². The maximum absolute atomic E-state index is 14.4. The summed E-state index contributed by atoms with van der Waals surface area (Å²) in [6, 6.07) is -21.8. The van der Waals surface area contributed by atoms with Crippen LogP contribution in [0, 0.1) is 11.8 Å². The smallest absolute Gasteiger partial charge is 0.303 e. The van der Waals surface area contributed by atoms with Crippen LogP contribution in [0.1, 0.15) is 131 Å². The van der Waals surface area contributed by atoms with Crippen molar-refractivity contribution in [3.63, 3.8) is 0 Å². The van der Waals surface area contributed by atoms with Crippen molar-refractivity contribution in [1.29, 1.82) is 0 Å². The molecule has 44 heteroatoms. The lowest BCUT2D eigenvalue weighted by Gasteiger charge is -2.31. The maximum Gasteiger partial charge on any atom is 0.303 e. The molecule has 0 unspecified atom stereocenters. The second kappa shape index (κ2) is 48.0. The van der Waals surface area contributed by atoms with Crippen molar-refractivity contribution in [1.82, 2.24) is 73.6 Å². The van der Waals surface area contributed by atoms with Crippen LogP contribution in [0.15, 0.2) is 0 Å². The number of carboxylic acids is 1. The van der Waals surface area contributed by atoms with E-state index in [4.69, 9.17) is 28.7 Å². The van der Waals surface area contributed by atoms with Gasteiger partial charge in [-0.15, -0.1) is 0 Å². The van der Waals surface area contributed by atoms with Crippen molar-refractivity contribution in [2.45, 2.75) is 222 Å². The number of nitrogens with zero attached hydrogens (tertiary/aromatic N) is 2. The lowest BCUT2D eigenvalue weighted by Crippen LogP contribution is -2.62. The number of primary amides is 3. The number of carbonyl (C=O) groups excluding carboxylic acids is 17. The first kappa shape index (κ1) is 94.6.